The zero-order chi connectivity index (χ0) is 20.1. The number of nitrogens with zero attached hydrogens (tertiary/aromatic N) is 2. The van der Waals surface area contributed by atoms with Crippen molar-refractivity contribution in [2.24, 2.45) is 0 Å². The molecule has 7 nitrogen and oxygen atoms in total. The van der Waals surface area contributed by atoms with E-state index in [-0.39, 0.29) is 10.8 Å². The van der Waals surface area contributed by atoms with E-state index < -0.39 is 12.6 Å². The Labute approximate surface area is 165 Å². The number of aromatic nitrogens is 2. The first-order chi connectivity index (χ1) is 13.5. The lowest BCUT2D eigenvalue weighted by Crippen LogP contribution is -2.10. The van der Waals surface area contributed by atoms with Crippen LogP contribution in [0.2, 0.25) is 5.02 Å². The van der Waals surface area contributed by atoms with Gasteiger partial charge in [-0.05, 0) is 42.8 Å². The number of carbonyl (C=O) groups is 1. The minimum Gasteiger partial charge on any atom is -0.490 e. The molecular weight excluding hydrogens is 382 g/mol. The number of H-pyrrole nitrogens is 1. The van der Waals surface area contributed by atoms with Crippen LogP contribution in [0, 0.1) is 11.3 Å². The number of allylic oxidation sites excluding steroid dienone is 1. The van der Waals surface area contributed by atoms with E-state index in [2.05, 4.69) is 16.0 Å². The van der Waals surface area contributed by atoms with Crippen LogP contribution >= 0.6 is 11.6 Å². The van der Waals surface area contributed by atoms with E-state index in [1.165, 1.54) is 0 Å². The zero-order valence-corrected chi connectivity index (χ0v) is 15.7. The molecule has 0 saturated heterocycles. The molecule has 1 heterocycles. The average molecular weight is 398 g/mol. The third kappa shape index (κ3) is 4.24. The van der Waals surface area contributed by atoms with Gasteiger partial charge in [0.25, 0.3) is 0 Å². The number of ether oxygens (including phenoxy) is 2. The number of hydrogen-bond donors (Lipinski definition) is 2. The Hall–Kier alpha value is -3.50. The van der Waals surface area contributed by atoms with Crippen molar-refractivity contribution < 1.29 is 19.4 Å². The fraction of sp³-hybridized carbons (Fsp3) is 0.150. The van der Waals surface area contributed by atoms with Crippen LogP contribution in [-0.4, -0.2) is 34.3 Å². The number of para-hydroxylation sites is 2. The van der Waals surface area contributed by atoms with Crippen molar-refractivity contribution >= 4 is 40.3 Å². The van der Waals surface area contributed by atoms with Crippen molar-refractivity contribution in [2.75, 3.05) is 13.2 Å². The summed E-state index contributed by atoms with van der Waals surface area (Å²) >= 11 is 6.26. The van der Waals surface area contributed by atoms with Crippen LogP contribution in [-0.2, 0) is 4.79 Å². The summed E-state index contributed by atoms with van der Waals surface area (Å²) in [6, 6.07) is 12.8. The highest BCUT2D eigenvalue weighted by atomic mass is 35.5. The predicted molar refractivity (Wildman–Crippen MR) is 105 cm³/mol. The highest BCUT2D eigenvalue weighted by molar-refractivity contribution is 6.32. The van der Waals surface area contributed by atoms with Crippen LogP contribution in [0.15, 0.2) is 36.4 Å². The van der Waals surface area contributed by atoms with Crippen LogP contribution < -0.4 is 9.47 Å². The first-order valence-electron chi connectivity index (χ1n) is 8.39. The second-order valence-electron chi connectivity index (χ2n) is 5.72. The number of nitrogens with one attached hydrogen (secondary N) is 1. The number of rotatable bonds is 7. The van der Waals surface area contributed by atoms with Gasteiger partial charge in [-0.1, -0.05) is 23.7 Å². The molecule has 142 valence electrons. The standard InChI is InChI=1S/C20H16ClN3O4/c1-2-27-17-9-12(8-14(21)19(17)28-11-18(25)26)7-13(10-22)20-23-15-5-3-4-6-16(15)24-20/h3-9H,2,11H2,1H3,(H,23,24)(H,25,26)/b13-7+. The van der Waals surface area contributed by atoms with E-state index in [1.807, 2.05) is 24.3 Å². The molecule has 0 atom stereocenters. The minimum atomic E-state index is -1.13. The fourth-order valence-electron chi connectivity index (χ4n) is 2.61. The van der Waals surface area contributed by atoms with Gasteiger partial charge < -0.3 is 19.6 Å². The van der Waals surface area contributed by atoms with Crippen LogP contribution in [0.3, 0.4) is 0 Å². The van der Waals surface area contributed by atoms with Crippen molar-refractivity contribution in [3.8, 4) is 17.6 Å². The number of carboxylic acid groups (broad SMARTS) is 1. The van der Waals surface area contributed by atoms with Crippen molar-refractivity contribution in [3.05, 3.63) is 52.8 Å². The molecular formula is C20H16ClN3O4. The number of hydrogen-bond acceptors (Lipinski definition) is 5. The maximum atomic E-state index is 10.8. The number of halogens is 1. The predicted octanol–water partition coefficient (Wildman–Crippen LogP) is 4.14. The summed E-state index contributed by atoms with van der Waals surface area (Å²) in [6.07, 6.45) is 1.62. The molecule has 0 aliphatic rings. The summed E-state index contributed by atoms with van der Waals surface area (Å²) < 4.78 is 10.8. The molecule has 0 spiro atoms. The largest absolute Gasteiger partial charge is 0.490 e. The molecule has 0 bridgehead atoms. The first kappa shape index (κ1) is 19.3. The summed E-state index contributed by atoms with van der Waals surface area (Å²) in [4.78, 5) is 18.3. The molecule has 2 aromatic carbocycles. The highest BCUT2D eigenvalue weighted by Gasteiger charge is 2.15. The molecule has 3 aromatic rings. The molecule has 0 unspecified atom stereocenters. The second-order valence-corrected chi connectivity index (χ2v) is 6.12. The third-order valence-corrected chi connectivity index (χ3v) is 4.03. The van der Waals surface area contributed by atoms with E-state index in [4.69, 9.17) is 26.2 Å². The number of imidazole rings is 1. The Balaban J connectivity index is 2.01. The Morgan fingerprint density at radius 3 is 2.82 bits per heavy atom. The van der Waals surface area contributed by atoms with Gasteiger partial charge in [-0.25, -0.2) is 9.78 Å². The Morgan fingerprint density at radius 1 is 1.36 bits per heavy atom. The van der Waals surface area contributed by atoms with E-state index >= 15 is 0 Å². The third-order valence-electron chi connectivity index (χ3n) is 3.75. The number of aromatic amines is 1. The van der Waals surface area contributed by atoms with E-state index in [0.717, 1.165) is 11.0 Å². The molecule has 0 fully saturated rings. The van der Waals surface area contributed by atoms with Gasteiger partial charge in [0.05, 0.1) is 28.2 Å². The summed E-state index contributed by atoms with van der Waals surface area (Å²) in [5, 5.41) is 18.6. The lowest BCUT2D eigenvalue weighted by molar-refractivity contribution is -0.139. The zero-order valence-electron chi connectivity index (χ0n) is 14.9. The van der Waals surface area contributed by atoms with Crippen molar-refractivity contribution in [3.63, 3.8) is 0 Å². The Morgan fingerprint density at radius 2 is 2.14 bits per heavy atom. The minimum absolute atomic E-state index is 0.144. The van der Waals surface area contributed by atoms with Gasteiger partial charge in [-0.2, -0.15) is 5.26 Å². The number of fused-ring (bicyclic) bond motifs is 1. The Kier molecular flexibility index (Phi) is 5.82. The first-order valence-corrected chi connectivity index (χ1v) is 8.77. The number of nitriles is 1. The molecule has 8 heteroatoms. The van der Waals surface area contributed by atoms with E-state index in [0.29, 0.717) is 29.3 Å². The second kappa shape index (κ2) is 8.46. The van der Waals surface area contributed by atoms with Crippen molar-refractivity contribution in [1.82, 2.24) is 9.97 Å². The summed E-state index contributed by atoms with van der Waals surface area (Å²) in [6.45, 7) is 1.57. The SMILES string of the molecule is CCOc1cc(/C=C(\C#N)c2nc3ccccc3[nH]2)cc(Cl)c1OCC(=O)O. The van der Waals surface area contributed by atoms with Gasteiger partial charge in [0.2, 0.25) is 0 Å². The van der Waals surface area contributed by atoms with Crippen LogP contribution in [0.25, 0.3) is 22.7 Å². The molecule has 1 aromatic heterocycles. The molecule has 0 saturated carbocycles. The van der Waals surface area contributed by atoms with Crippen LogP contribution in [0.1, 0.15) is 18.3 Å². The smallest absolute Gasteiger partial charge is 0.341 e. The van der Waals surface area contributed by atoms with Gasteiger partial charge in [0.1, 0.15) is 11.9 Å². The van der Waals surface area contributed by atoms with Gasteiger partial charge >= 0.3 is 5.97 Å². The molecule has 3 rings (SSSR count). The molecule has 0 aliphatic carbocycles. The fourth-order valence-corrected chi connectivity index (χ4v) is 2.88. The van der Waals surface area contributed by atoms with Crippen LogP contribution in [0.4, 0.5) is 0 Å². The lowest BCUT2D eigenvalue weighted by atomic mass is 10.1. The normalized spacial score (nSPS) is 11.2. The van der Waals surface area contributed by atoms with Gasteiger partial charge in [-0.3, -0.25) is 0 Å². The summed E-state index contributed by atoms with van der Waals surface area (Å²) in [5.74, 6) is -0.252. The molecule has 0 amide bonds. The van der Waals surface area contributed by atoms with Crippen LogP contribution in [0.5, 0.6) is 11.5 Å². The van der Waals surface area contributed by atoms with E-state index in [9.17, 15) is 10.1 Å². The van der Waals surface area contributed by atoms with Gasteiger partial charge in [0, 0.05) is 0 Å². The lowest BCUT2D eigenvalue weighted by Gasteiger charge is -2.13. The topological polar surface area (TPSA) is 108 Å². The Bertz CT molecular complexity index is 1070. The van der Waals surface area contributed by atoms with E-state index in [1.54, 1.807) is 25.1 Å². The summed E-state index contributed by atoms with van der Waals surface area (Å²) in [5.41, 5.74) is 2.48. The molecule has 0 aliphatic heterocycles. The highest BCUT2D eigenvalue weighted by Crippen LogP contribution is 2.37. The van der Waals surface area contributed by atoms with Crippen molar-refractivity contribution in [1.29, 1.82) is 5.26 Å². The monoisotopic (exact) mass is 397 g/mol. The maximum Gasteiger partial charge on any atom is 0.341 e. The summed E-state index contributed by atoms with van der Waals surface area (Å²) in [7, 11) is 0. The quantitative estimate of drug-likeness (QED) is 0.580. The number of benzene rings is 2. The molecule has 2 N–H and O–H groups in total. The average Bonchev–Trinajstić information content (AvgIpc) is 3.09. The molecule has 0 radical (unpaired) electrons. The number of aliphatic carboxylic acids is 1. The maximum absolute atomic E-state index is 10.8. The molecule has 28 heavy (non-hydrogen) atoms. The van der Waals surface area contributed by atoms with Gasteiger partial charge in [0.15, 0.2) is 18.1 Å². The van der Waals surface area contributed by atoms with Gasteiger partial charge in [-0.15, -0.1) is 0 Å². The van der Waals surface area contributed by atoms with Crippen molar-refractivity contribution in [2.45, 2.75) is 6.92 Å². The number of carboxylic acids is 1.